The number of carbonyl (C=O) groups is 1. The van der Waals surface area contributed by atoms with Gasteiger partial charge in [-0.1, -0.05) is 53.5 Å². The summed E-state index contributed by atoms with van der Waals surface area (Å²) >= 11 is 11.7. The standard InChI is InChI=1S/C17H16Cl2FNO/c1-11(13-9-16(20)15(19)10-14(13)18)21-17(22)8-7-12-5-3-2-4-6-12/h2-6,9-11H,7-8H2,1H3,(H,21,22)/t11-/m1/s1. The molecule has 2 aromatic rings. The first-order chi connectivity index (χ1) is 10.5. The number of carbonyl (C=O) groups excluding carboxylic acids is 1. The molecule has 2 nitrogen and oxygen atoms in total. The van der Waals surface area contributed by atoms with Crippen LogP contribution in [0.5, 0.6) is 0 Å². The Labute approximate surface area is 139 Å². The summed E-state index contributed by atoms with van der Waals surface area (Å²) in [6, 6.07) is 12.0. The third-order valence-corrected chi connectivity index (χ3v) is 3.98. The van der Waals surface area contributed by atoms with Crippen LogP contribution in [0.15, 0.2) is 42.5 Å². The lowest BCUT2D eigenvalue weighted by atomic mass is 10.1. The van der Waals surface area contributed by atoms with Gasteiger partial charge in [-0.15, -0.1) is 0 Å². The molecule has 22 heavy (non-hydrogen) atoms. The molecule has 0 fully saturated rings. The summed E-state index contributed by atoms with van der Waals surface area (Å²) in [6.45, 7) is 1.76. The summed E-state index contributed by atoms with van der Waals surface area (Å²) in [4.78, 5) is 12.0. The van der Waals surface area contributed by atoms with E-state index in [1.807, 2.05) is 30.3 Å². The van der Waals surface area contributed by atoms with Gasteiger partial charge in [0.25, 0.3) is 0 Å². The smallest absolute Gasteiger partial charge is 0.220 e. The van der Waals surface area contributed by atoms with Crippen LogP contribution in [-0.4, -0.2) is 5.91 Å². The average molecular weight is 340 g/mol. The van der Waals surface area contributed by atoms with Gasteiger partial charge in [-0.2, -0.15) is 0 Å². The van der Waals surface area contributed by atoms with E-state index in [1.54, 1.807) is 6.92 Å². The van der Waals surface area contributed by atoms with Crippen LogP contribution in [0.4, 0.5) is 4.39 Å². The molecule has 0 bridgehead atoms. The average Bonchev–Trinajstić information content (AvgIpc) is 2.50. The molecule has 0 aliphatic rings. The molecule has 2 rings (SSSR count). The summed E-state index contributed by atoms with van der Waals surface area (Å²) in [5, 5.41) is 3.13. The molecule has 0 radical (unpaired) electrons. The summed E-state index contributed by atoms with van der Waals surface area (Å²) < 4.78 is 13.5. The van der Waals surface area contributed by atoms with Crippen LogP contribution in [0.3, 0.4) is 0 Å². The van der Waals surface area contributed by atoms with E-state index < -0.39 is 5.82 Å². The molecule has 0 aliphatic carbocycles. The second kappa shape index (κ2) is 7.61. The number of hydrogen-bond donors (Lipinski definition) is 1. The molecular weight excluding hydrogens is 324 g/mol. The zero-order valence-electron chi connectivity index (χ0n) is 12.1. The van der Waals surface area contributed by atoms with E-state index >= 15 is 0 Å². The lowest BCUT2D eigenvalue weighted by Gasteiger charge is -2.16. The lowest BCUT2D eigenvalue weighted by Crippen LogP contribution is -2.27. The highest BCUT2D eigenvalue weighted by Gasteiger charge is 2.15. The highest BCUT2D eigenvalue weighted by atomic mass is 35.5. The molecule has 116 valence electrons. The van der Waals surface area contributed by atoms with Crippen molar-refractivity contribution in [2.24, 2.45) is 0 Å². The van der Waals surface area contributed by atoms with Crippen LogP contribution < -0.4 is 5.32 Å². The topological polar surface area (TPSA) is 29.1 Å². The minimum Gasteiger partial charge on any atom is -0.350 e. The van der Waals surface area contributed by atoms with Crippen molar-refractivity contribution in [2.75, 3.05) is 0 Å². The van der Waals surface area contributed by atoms with Crippen molar-refractivity contribution in [2.45, 2.75) is 25.8 Å². The van der Waals surface area contributed by atoms with Crippen molar-refractivity contribution in [3.05, 3.63) is 69.5 Å². The van der Waals surface area contributed by atoms with Gasteiger partial charge in [-0.05, 0) is 36.6 Å². The molecule has 0 spiro atoms. The highest BCUT2D eigenvalue weighted by molar-refractivity contribution is 6.35. The normalized spacial score (nSPS) is 12.0. The Balaban J connectivity index is 1.95. The predicted molar refractivity (Wildman–Crippen MR) is 87.7 cm³/mol. The van der Waals surface area contributed by atoms with E-state index in [4.69, 9.17) is 23.2 Å². The van der Waals surface area contributed by atoms with Gasteiger partial charge in [-0.25, -0.2) is 4.39 Å². The first kappa shape index (κ1) is 16.8. The van der Waals surface area contributed by atoms with Crippen molar-refractivity contribution in [3.8, 4) is 0 Å². The quantitative estimate of drug-likeness (QED) is 0.767. The Morgan fingerprint density at radius 2 is 1.86 bits per heavy atom. The first-order valence-electron chi connectivity index (χ1n) is 6.95. The minimum absolute atomic E-state index is 0.0312. The monoisotopic (exact) mass is 339 g/mol. The van der Waals surface area contributed by atoms with Crippen molar-refractivity contribution < 1.29 is 9.18 Å². The molecule has 1 N–H and O–H groups in total. The molecule has 5 heteroatoms. The number of aryl methyl sites for hydroxylation is 1. The molecule has 0 heterocycles. The van der Waals surface area contributed by atoms with Crippen LogP contribution in [0, 0.1) is 5.82 Å². The van der Waals surface area contributed by atoms with Gasteiger partial charge in [0.1, 0.15) is 5.82 Å². The Hall–Kier alpha value is -1.58. The highest BCUT2D eigenvalue weighted by Crippen LogP contribution is 2.28. The van der Waals surface area contributed by atoms with E-state index in [9.17, 15) is 9.18 Å². The summed E-state index contributed by atoms with van der Waals surface area (Å²) in [7, 11) is 0. The summed E-state index contributed by atoms with van der Waals surface area (Å²) in [6.07, 6.45) is 1.02. The fourth-order valence-electron chi connectivity index (χ4n) is 2.16. The molecule has 0 unspecified atom stereocenters. The maximum atomic E-state index is 13.5. The van der Waals surface area contributed by atoms with E-state index in [2.05, 4.69) is 5.32 Å². The second-order valence-electron chi connectivity index (χ2n) is 5.06. The first-order valence-corrected chi connectivity index (χ1v) is 7.70. The Bertz CT molecular complexity index is 661. The second-order valence-corrected chi connectivity index (χ2v) is 5.88. The number of nitrogens with one attached hydrogen (secondary N) is 1. The Kier molecular flexibility index (Phi) is 5.81. The third-order valence-electron chi connectivity index (χ3n) is 3.37. The van der Waals surface area contributed by atoms with Gasteiger partial charge in [0.2, 0.25) is 5.91 Å². The molecule has 2 aromatic carbocycles. The molecular formula is C17H16Cl2FNO. The third kappa shape index (κ3) is 4.46. The Morgan fingerprint density at radius 1 is 1.18 bits per heavy atom. The predicted octanol–water partition coefficient (Wildman–Crippen LogP) is 4.94. The van der Waals surface area contributed by atoms with E-state index in [1.165, 1.54) is 12.1 Å². The van der Waals surface area contributed by atoms with Gasteiger partial charge in [0, 0.05) is 11.4 Å². The molecule has 0 aromatic heterocycles. The van der Waals surface area contributed by atoms with Crippen molar-refractivity contribution >= 4 is 29.1 Å². The van der Waals surface area contributed by atoms with Crippen molar-refractivity contribution in [1.82, 2.24) is 5.32 Å². The maximum Gasteiger partial charge on any atom is 0.220 e. The Morgan fingerprint density at radius 3 is 2.55 bits per heavy atom. The van der Waals surface area contributed by atoms with Crippen molar-refractivity contribution in [1.29, 1.82) is 0 Å². The number of amides is 1. The number of halogens is 3. The number of rotatable bonds is 5. The molecule has 0 saturated carbocycles. The zero-order valence-corrected chi connectivity index (χ0v) is 13.6. The summed E-state index contributed by atoms with van der Waals surface area (Å²) in [5.74, 6) is -0.658. The van der Waals surface area contributed by atoms with Crippen LogP contribution >= 0.6 is 23.2 Å². The zero-order chi connectivity index (χ0) is 16.1. The van der Waals surface area contributed by atoms with E-state index in [-0.39, 0.29) is 17.0 Å². The summed E-state index contributed by atoms with van der Waals surface area (Å²) in [5.41, 5.74) is 1.61. The largest absolute Gasteiger partial charge is 0.350 e. The number of hydrogen-bond acceptors (Lipinski definition) is 1. The van der Waals surface area contributed by atoms with E-state index in [0.717, 1.165) is 5.56 Å². The van der Waals surface area contributed by atoms with Crippen LogP contribution in [0.25, 0.3) is 0 Å². The van der Waals surface area contributed by atoms with Crippen molar-refractivity contribution in [3.63, 3.8) is 0 Å². The van der Waals surface area contributed by atoms with E-state index in [0.29, 0.717) is 23.4 Å². The van der Waals surface area contributed by atoms with Gasteiger partial charge in [0.15, 0.2) is 0 Å². The van der Waals surface area contributed by atoms with Gasteiger partial charge >= 0.3 is 0 Å². The lowest BCUT2D eigenvalue weighted by molar-refractivity contribution is -0.121. The fourth-order valence-corrected chi connectivity index (χ4v) is 2.71. The van der Waals surface area contributed by atoms with Gasteiger partial charge in [0.05, 0.1) is 11.1 Å². The molecule has 1 amide bonds. The molecule has 0 aliphatic heterocycles. The fraction of sp³-hybridized carbons (Fsp3) is 0.235. The van der Waals surface area contributed by atoms with Crippen LogP contribution in [0.2, 0.25) is 10.0 Å². The molecule has 0 saturated heterocycles. The maximum absolute atomic E-state index is 13.5. The minimum atomic E-state index is -0.550. The number of benzene rings is 2. The van der Waals surface area contributed by atoms with Gasteiger partial charge < -0.3 is 5.32 Å². The SMILES string of the molecule is C[C@@H](NC(=O)CCc1ccccc1)c1cc(F)c(Cl)cc1Cl. The van der Waals surface area contributed by atoms with Crippen LogP contribution in [-0.2, 0) is 11.2 Å². The van der Waals surface area contributed by atoms with Gasteiger partial charge in [-0.3, -0.25) is 4.79 Å². The van der Waals surface area contributed by atoms with Crippen LogP contribution in [0.1, 0.15) is 30.5 Å². The molecule has 1 atom stereocenters.